The van der Waals surface area contributed by atoms with Crippen LogP contribution >= 0.6 is 0 Å². The highest BCUT2D eigenvalue weighted by Gasteiger charge is 2.14. The van der Waals surface area contributed by atoms with Gasteiger partial charge in [-0.2, -0.15) is 0 Å². The molecule has 0 atom stereocenters. The number of hydrogen-bond donors (Lipinski definition) is 2. The molecule has 3 N–H and O–H groups in total. The van der Waals surface area contributed by atoms with Crippen molar-refractivity contribution in [1.82, 2.24) is 19.2 Å². The van der Waals surface area contributed by atoms with Crippen LogP contribution in [0, 0.1) is 0 Å². The number of nitrogens with zero attached hydrogens (tertiary/aromatic N) is 4. The van der Waals surface area contributed by atoms with Crippen LogP contribution in [0.1, 0.15) is 32.1 Å². The van der Waals surface area contributed by atoms with E-state index in [0.717, 1.165) is 15.8 Å². The molecule has 0 aliphatic carbocycles. The van der Waals surface area contributed by atoms with E-state index in [2.05, 4.69) is 19.4 Å². The zero-order valence-corrected chi connectivity index (χ0v) is 23.7. The third-order valence-corrected chi connectivity index (χ3v) is 5.23. The lowest BCUT2D eigenvalue weighted by molar-refractivity contribution is -0.142. The van der Waals surface area contributed by atoms with Gasteiger partial charge in [-0.15, -0.1) is 0 Å². The van der Waals surface area contributed by atoms with Crippen LogP contribution in [0.2, 0.25) is 0 Å². The van der Waals surface area contributed by atoms with E-state index in [-0.39, 0.29) is 36.9 Å². The molecule has 2 aromatic carbocycles. The van der Waals surface area contributed by atoms with Gasteiger partial charge in [0.25, 0.3) is 0 Å². The predicted octanol–water partition coefficient (Wildman–Crippen LogP) is 2.13. The molecule has 228 valence electrons. The summed E-state index contributed by atoms with van der Waals surface area (Å²) in [6.45, 7) is 0.495. The third-order valence-electron chi connectivity index (χ3n) is 5.23. The Kier molecular flexibility index (Phi) is 14.9. The SMILES string of the molecule is COC(=O)c1cncn1CC(=O)COCc1ccccc1.COC(=O)c1cncn1N.O=C(O)COCc1ccccc1. The maximum Gasteiger partial charge on any atom is 0.358 e. The molecule has 0 saturated carbocycles. The molecule has 4 rings (SSSR count). The minimum absolute atomic E-state index is 0.0202. The Morgan fingerprint density at radius 3 is 1.72 bits per heavy atom. The highest BCUT2D eigenvalue weighted by atomic mass is 16.5. The van der Waals surface area contributed by atoms with Gasteiger partial charge in [0.05, 0.1) is 52.7 Å². The number of benzene rings is 2. The van der Waals surface area contributed by atoms with Crippen molar-refractivity contribution in [2.24, 2.45) is 0 Å². The molecular weight excluding hydrogens is 562 g/mol. The van der Waals surface area contributed by atoms with Crippen molar-refractivity contribution in [3.05, 3.63) is 108 Å². The molecule has 0 radical (unpaired) electrons. The first-order chi connectivity index (χ1) is 20.7. The molecule has 0 unspecified atom stereocenters. The molecule has 0 amide bonds. The molecule has 43 heavy (non-hydrogen) atoms. The third kappa shape index (κ3) is 12.8. The number of methoxy groups -OCH3 is 2. The molecule has 0 spiro atoms. The molecule has 2 aromatic heterocycles. The van der Waals surface area contributed by atoms with Crippen molar-refractivity contribution < 1.29 is 43.2 Å². The van der Waals surface area contributed by atoms with Gasteiger partial charge >= 0.3 is 17.9 Å². The van der Waals surface area contributed by atoms with Crippen LogP contribution in [0.3, 0.4) is 0 Å². The van der Waals surface area contributed by atoms with E-state index in [0.29, 0.717) is 13.2 Å². The number of ether oxygens (including phenoxy) is 4. The number of carbonyl (C=O) groups excluding carboxylic acids is 3. The second-order valence-corrected chi connectivity index (χ2v) is 8.47. The maximum atomic E-state index is 11.8. The lowest BCUT2D eigenvalue weighted by Gasteiger charge is -2.07. The van der Waals surface area contributed by atoms with E-state index in [1.807, 2.05) is 60.7 Å². The Bertz CT molecular complexity index is 1420. The highest BCUT2D eigenvalue weighted by molar-refractivity contribution is 5.88. The second-order valence-electron chi connectivity index (χ2n) is 8.47. The Morgan fingerprint density at radius 1 is 0.744 bits per heavy atom. The summed E-state index contributed by atoms with van der Waals surface area (Å²) in [5.74, 6) is 3.18. The van der Waals surface area contributed by atoms with Crippen LogP contribution in [0.15, 0.2) is 85.7 Å². The van der Waals surface area contributed by atoms with Gasteiger partial charge in [-0.05, 0) is 11.1 Å². The summed E-state index contributed by atoms with van der Waals surface area (Å²) in [6.07, 6.45) is 5.45. The number of imidazole rings is 2. The molecule has 0 saturated heterocycles. The summed E-state index contributed by atoms with van der Waals surface area (Å²) in [6, 6.07) is 19.1. The predicted molar refractivity (Wildman–Crippen MR) is 152 cm³/mol. The van der Waals surface area contributed by atoms with Crippen molar-refractivity contribution in [3.8, 4) is 0 Å². The van der Waals surface area contributed by atoms with Crippen LogP contribution in [-0.2, 0) is 48.3 Å². The van der Waals surface area contributed by atoms with Crippen LogP contribution in [0.4, 0.5) is 0 Å². The number of carbonyl (C=O) groups is 4. The van der Waals surface area contributed by atoms with Gasteiger partial charge in [-0.25, -0.2) is 29.0 Å². The molecule has 2 heterocycles. The van der Waals surface area contributed by atoms with Gasteiger partial charge in [-0.3, -0.25) is 4.79 Å². The van der Waals surface area contributed by atoms with E-state index in [1.54, 1.807) is 0 Å². The molecular formula is C29H33N5O9. The number of carboxylic acid groups (broad SMARTS) is 1. The summed E-state index contributed by atoms with van der Waals surface area (Å²) in [5.41, 5.74) is 2.47. The molecule has 4 aromatic rings. The molecule has 14 nitrogen and oxygen atoms in total. The highest BCUT2D eigenvalue weighted by Crippen LogP contribution is 2.04. The molecule has 14 heteroatoms. The van der Waals surface area contributed by atoms with Crippen molar-refractivity contribution >= 4 is 23.7 Å². The largest absolute Gasteiger partial charge is 0.480 e. The van der Waals surface area contributed by atoms with Gasteiger partial charge in [-0.1, -0.05) is 60.7 Å². The Hall–Kier alpha value is -5.34. The average molecular weight is 596 g/mol. The number of nitrogens with two attached hydrogens (primary N) is 1. The summed E-state index contributed by atoms with van der Waals surface area (Å²) < 4.78 is 21.8. The van der Waals surface area contributed by atoms with Gasteiger partial charge in [0, 0.05) is 0 Å². The monoisotopic (exact) mass is 595 g/mol. The summed E-state index contributed by atoms with van der Waals surface area (Å²) in [5, 5.41) is 8.27. The maximum absolute atomic E-state index is 11.8. The molecule has 0 bridgehead atoms. The summed E-state index contributed by atoms with van der Waals surface area (Å²) >= 11 is 0. The lowest BCUT2D eigenvalue weighted by atomic mass is 10.2. The van der Waals surface area contributed by atoms with Crippen LogP contribution < -0.4 is 5.84 Å². The molecule has 0 fully saturated rings. The van der Waals surface area contributed by atoms with Gasteiger partial charge in [0.2, 0.25) is 0 Å². The van der Waals surface area contributed by atoms with Crippen LogP contribution in [0.5, 0.6) is 0 Å². The first-order valence-corrected chi connectivity index (χ1v) is 12.7. The number of Topliss-reactive ketones (excluding diaryl/α,β-unsaturated/α-hetero) is 1. The van der Waals surface area contributed by atoms with E-state index in [4.69, 9.17) is 20.4 Å². The number of nitrogen functional groups attached to an aromatic ring is 1. The van der Waals surface area contributed by atoms with E-state index in [9.17, 15) is 19.2 Å². The van der Waals surface area contributed by atoms with Crippen molar-refractivity contribution in [3.63, 3.8) is 0 Å². The fraction of sp³-hybridized carbons (Fsp3) is 0.241. The van der Waals surface area contributed by atoms with Gasteiger partial charge in [0.15, 0.2) is 11.5 Å². The van der Waals surface area contributed by atoms with Crippen LogP contribution in [0.25, 0.3) is 0 Å². The number of aromatic nitrogens is 4. The number of carboxylic acids is 1. The Labute approximate surface area is 247 Å². The first kappa shape index (κ1) is 33.9. The Morgan fingerprint density at radius 2 is 1.23 bits per heavy atom. The van der Waals surface area contributed by atoms with Crippen molar-refractivity contribution in [2.75, 3.05) is 33.3 Å². The van der Waals surface area contributed by atoms with Gasteiger partial charge in [0.1, 0.15) is 25.2 Å². The zero-order valence-electron chi connectivity index (χ0n) is 23.7. The quantitative estimate of drug-likeness (QED) is 0.180. The fourth-order valence-electron chi connectivity index (χ4n) is 3.21. The zero-order chi connectivity index (χ0) is 31.5. The lowest BCUT2D eigenvalue weighted by Crippen LogP contribution is -2.19. The number of rotatable bonds is 12. The second kappa shape index (κ2) is 18.9. The Balaban J connectivity index is 0.000000248. The minimum atomic E-state index is -0.939. The summed E-state index contributed by atoms with van der Waals surface area (Å²) in [7, 11) is 2.57. The number of hydrogen-bond acceptors (Lipinski definition) is 11. The number of aliphatic carboxylic acids is 1. The van der Waals surface area contributed by atoms with Gasteiger partial charge < -0.3 is 34.5 Å². The topological polar surface area (TPSA) is 187 Å². The number of esters is 2. The normalized spacial score (nSPS) is 9.91. The van der Waals surface area contributed by atoms with E-state index >= 15 is 0 Å². The van der Waals surface area contributed by atoms with Crippen molar-refractivity contribution in [1.29, 1.82) is 0 Å². The average Bonchev–Trinajstić information content (AvgIpc) is 3.66. The molecule has 0 aliphatic rings. The fourth-order valence-corrected chi connectivity index (χ4v) is 3.21. The summed E-state index contributed by atoms with van der Waals surface area (Å²) in [4.78, 5) is 51.6. The number of ketones is 1. The van der Waals surface area contributed by atoms with Crippen molar-refractivity contribution in [2.45, 2.75) is 19.8 Å². The molecule has 0 aliphatic heterocycles. The van der Waals surface area contributed by atoms with Crippen LogP contribution in [-0.4, -0.2) is 75.4 Å². The smallest absolute Gasteiger partial charge is 0.358 e. The van der Waals surface area contributed by atoms with E-state index in [1.165, 1.54) is 43.8 Å². The first-order valence-electron chi connectivity index (χ1n) is 12.7. The van der Waals surface area contributed by atoms with E-state index < -0.39 is 17.9 Å². The standard InChI is InChI=1S/C15H16N2O4.C9H10O3.C5H7N3O2/c1-20-15(19)14-7-16-11-17(14)8-13(18)10-21-9-12-5-3-2-4-6-12;10-9(11)7-12-6-8-4-2-1-3-5-8;1-10-5(9)4-2-7-3-8(4)6/h2-7,11H,8-10H2,1H3;1-5H,6-7H2,(H,10,11);2-3H,6H2,1H3. The minimum Gasteiger partial charge on any atom is -0.480 e.